The van der Waals surface area contributed by atoms with E-state index in [-0.39, 0.29) is 18.2 Å². The highest BCUT2D eigenvalue weighted by Gasteiger charge is 2.14. The van der Waals surface area contributed by atoms with Gasteiger partial charge < -0.3 is 25.3 Å². The molecule has 1 aliphatic rings. The number of benzene rings is 1. The molecule has 0 saturated carbocycles. The normalized spacial score (nSPS) is 15.2. The smallest absolute Gasteiger partial charge is 0.233 e. The zero-order valence-electron chi connectivity index (χ0n) is 16.1. The molecule has 0 unspecified atom stereocenters. The molecule has 2 N–H and O–H groups in total. The van der Waals surface area contributed by atoms with Gasteiger partial charge in [-0.15, -0.1) is 0 Å². The van der Waals surface area contributed by atoms with E-state index in [1.807, 2.05) is 38.4 Å². The van der Waals surface area contributed by atoms with Crippen LogP contribution in [-0.2, 0) is 9.59 Å². The van der Waals surface area contributed by atoms with Crippen molar-refractivity contribution in [3.63, 3.8) is 0 Å². The molecule has 1 aromatic rings. The molecule has 0 bridgehead atoms. The van der Waals surface area contributed by atoms with Crippen LogP contribution in [0.25, 0.3) is 0 Å². The third-order valence-corrected chi connectivity index (χ3v) is 4.44. The van der Waals surface area contributed by atoms with Gasteiger partial charge in [-0.3, -0.25) is 9.59 Å². The lowest BCUT2D eigenvalue weighted by Crippen LogP contribution is -2.44. The maximum atomic E-state index is 12.0. The summed E-state index contributed by atoms with van der Waals surface area (Å²) in [4.78, 5) is 30.5. The Morgan fingerprint density at radius 2 is 1.69 bits per heavy atom. The lowest BCUT2D eigenvalue weighted by atomic mass is 10.2. The van der Waals surface area contributed by atoms with Crippen LogP contribution < -0.4 is 15.5 Å². The van der Waals surface area contributed by atoms with Gasteiger partial charge in [-0.1, -0.05) is 0 Å². The fraction of sp³-hybridized carbons (Fsp3) is 0.579. The van der Waals surface area contributed by atoms with E-state index in [1.54, 1.807) is 0 Å². The predicted octanol–water partition coefficient (Wildman–Crippen LogP) is 0.835. The first-order valence-corrected chi connectivity index (χ1v) is 9.19. The Kier molecular flexibility index (Phi) is 7.87. The Morgan fingerprint density at radius 1 is 1.04 bits per heavy atom. The second-order valence-corrected chi connectivity index (χ2v) is 7.07. The molecule has 1 saturated heterocycles. The number of amides is 2. The van der Waals surface area contributed by atoms with Gasteiger partial charge in [0, 0.05) is 44.1 Å². The van der Waals surface area contributed by atoms with Gasteiger partial charge in [0.2, 0.25) is 11.8 Å². The first-order valence-electron chi connectivity index (χ1n) is 9.19. The van der Waals surface area contributed by atoms with E-state index in [9.17, 15) is 9.59 Å². The van der Waals surface area contributed by atoms with E-state index in [0.29, 0.717) is 12.2 Å². The minimum absolute atomic E-state index is 0.151. The van der Waals surface area contributed by atoms with Gasteiger partial charge >= 0.3 is 0 Å². The fourth-order valence-electron chi connectivity index (χ4n) is 2.86. The number of nitrogens with one attached hydrogen (secondary N) is 2. The largest absolute Gasteiger partial charge is 0.369 e. The molecule has 1 aliphatic heterocycles. The summed E-state index contributed by atoms with van der Waals surface area (Å²) in [7, 11) is 6.11. The molecule has 1 aromatic carbocycles. The van der Waals surface area contributed by atoms with Gasteiger partial charge in [-0.2, -0.15) is 0 Å². The van der Waals surface area contributed by atoms with Crippen molar-refractivity contribution in [2.24, 2.45) is 0 Å². The van der Waals surface area contributed by atoms with Crippen LogP contribution in [0.5, 0.6) is 0 Å². The number of hydrogen-bond acceptors (Lipinski definition) is 5. The molecule has 0 aromatic heterocycles. The fourth-order valence-corrected chi connectivity index (χ4v) is 2.86. The van der Waals surface area contributed by atoms with Crippen LogP contribution in [0.2, 0.25) is 0 Å². The molecule has 2 rings (SSSR count). The minimum Gasteiger partial charge on any atom is -0.369 e. The Morgan fingerprint density at radius 3 is 2.31 bits per heavy atom. The Bertz CT molecular complexity index is 580. The Labute approximate surface area is 156 Å². The van der Waals surface area contributed by atoms with Crippen molar-refractivity contribution in [2.45, 2.75) is 12.8 Å². The van der Waals surface area contributed by atoms with Gasteiger partial charge in [0.05, 0.1) is 0 Å². The first-order chi connectivity index (χ1) is 12.4. The average Bonchev–Trinajstić information content (AvgIpc) is 2.60. The van der Waals surface area contributed by atoms with Crippen molar-refractivity contribution in [1.82, 2.24) is 15.1 Å². The topological polar surface area (TPSA) is 67.9 Å². The summed E-state index contributed by atoms with van der Waals surface area (Å²) in [6.45, 7) is 5.63. The van der Waals surface area contributed by atoms with Gasteiger partial charge in [0.1, 0.15) is 6.42 Å². The second-order valence-electron chi connectivity index (χ2n) is 7.07. The number of nitrogens with zero attached hydrogens (tertiary/aromatic N) is 3. The summed E-state index contributed by atoms with van der Waals surface area (Å²) in [5.74, 6) is -0.530. The highest BCUT2D eigenvalue weighted by molar-refractivity contribution is 6.03. The minimum atomic E-state index is -0.289. The summed E-state index contributed by atoms with van der Waals surface area (Å²) < 4.78 is 0. The SMILES string of the molecule is CN(C)CCCNC(=O)CC(=O)Nc1ccc(N2CCN(C)CC2)cc1. The quantitative estimate of drug-likeness (QED) is 0.530. The summed E-state index contributed by atoms with van der Waals surface area (Å²) >= 11 is 0. The van der Waals surface area contributed by atoms with E-state index in [2.05, 4.69) is 32.4 Å². The molecule has 26 heavy (non-hydrogen) atoms. The molecule has 0 spiro atoms. The highest BCUT2D eigenvalue weighted by Crippen LogP contribution is 2.19. The molecule has 2 amide bonds. The first kappa shape index (κ1) is 20.2. The second kappa shape index (κ2) is 10.1. The lowest BCUT2D eigenvalue weighted by Gasteiger charge is -2.34. The van der Waals surface area contributed by atoms with Crippen molar-refractivity contribution < 1.29 is 9.59 Å². The number of rotatable bonds is 8. The standard InChI is InChI=1S/C19H31N5O2/c1-22(2)10-4-9-20-18(25)15-19(26)21-16-5-7-17(8-6-16)24-13-11-23(3)12-14-24/h5-8H,4,9-15H2,1-3H3,(H,20,25)(H,21,26). The molecule has 0 atom stereocenters. The Balaban J connectivity index is 1.72. The molecule has 144 valence electrons. The van der Waals surface area contributed by atoms with Gasteiger partial charge in [0.15, 0.2) is 0 Å². The number of anilines is 2. The molecule has 1 fully saturated rings. The lowest BCUT2D eigenvalue weighted by molar-refractivity contribution is -0.126. The molecule has 7 nitrogen and oxygen atoms in total. The van der Waals surface area contributed by atoms with E-state index >= 15 is 0 Å². The van der Waals surface area contributed by atoms with Crippen LogP contribution in [0.4, 0.5) is 11.4 Å². The van der Waals surface area contributed by atoms with E-state index in [1.165, 1.54) is 0 Å². The zero-order chi connectivity index (χ0) is 18.9. The van der Waals surface area contributed by atoms with Gasteiger partial charge in [0.25, 0.3) is 0 Å². The molecular formula is C19H31N5O2. The van der Waals surface area contributed by atoms with Crippen molar-refractivity contribution in [3.05, 3.63) is 24.3 Å². The van der Waals surface area contributed by atoms with Crippen LogP contribution in [0, 0.1) is 0 Å². The summed E-state index contributed by atoms with van der Waals surface area (Å²) in [6.07, 6.45) is 0.719. The van der Waals surface area contributed by atoms with Crippen LogP contribution in [-0.4, -0.2) is 82.0 Å². The average molecular weight is 361 g/mol. The predicted molar refractivity (Wildman–Crippen MR) is 106 cm³/mol. The van der Waals surface area contributed by atoms with E-state index in [0.717, 1.165) is 44.8 Å². The Hall–Kier alpha value is -2.12. The van der Waals surface area contributed by atoms with E-state index in [4.69, 9.17) is 0 Å². The van der Waals surface area contributed by atoms with Crippen LogP contribution in [0.15, 0.2) is 24.3 Å². The number of carbonyl (C=O) groups excluding carboxylic acids is 2. The summed E-state index contributed by atoms with van der Waals surface area (Å²) in [6, 6.07) is 7.81. The van der Waals surface area contributed by atoms with Crippen LogP contribution >= 0.6 is 0 Å². The van der Waals surface area contributed by atoms with Crippen LogP contribution in [0.1, 0.15) is 12.8 Å². The van der Waals surface area contributed by atoms with Crippen molar-refractivity contribution in [1.29, 1.82) is 0 Å². The third kappa shape index (κ3) is 7.01. The molecule has 7 heteroatoms. The maximum Gasteiger partial charge on any atom is 0.233 e. The number of piperazine rings is 1. The number of hydrogen-bond donors (Lipinski definition) is 2. The zero-order valence-corrected chi connectivity index (χ0v) is 16.1. The van der Waals surface area contributed by atoms with Crippen LogP contribution in [0.3, 0.4) is 0 Å². The van der Waals surface area contributed by atoms with Crippen molar-refractivity contribution >= 4 is 23.2 Å². The highest BCUT2D eigenvalue weighted by atomic mass is 16.2. The number of carbonyl (C=O) groups is 2. The van der Waals surface area contributed by atoms with Crippen molar-refractivity contribution in [2.75, 3.05) is 70.6 Å². The molecular weight excluding hydrogens is 330 g/mol. The van der Waals surface area contributed by atoms with Gasteiger partial charge in [-0.25, -0.2) is 0 Å². The molecule has 0 radical (unpaired) electrons. The maximum absolute atomic E-state index is 12.0. The molecule has 0 aliphatic carbocycles. The number of likely N-dealkylation sites (N-methyl/N-ethyl adjacent to an activating group) is 1. The monoisotopic (exact) mass is 361 g/mol. The van der Waals surface area contributed by atoms with Gasteiger partial charge in [-0.05, 0) is 58.4 Å². The molecule has 1 heterocycles. The van der Waals surface area contributed by atoms with E-state index < -0.39 is 0 Å². The summed E-state index contributed by atoms with van der Waals surface area (Å²) in [5, 5.41) is 5.56. The van der Waals surface area contributed by atoms with Crippen molar-refractivity contribution in [3.8, 4) is 0 Å². The third-order valence-electron chi connectivity index (χ3n) is 4.44. The summed E-state index contributed by atoms with van der Waals surface area (Å²) in [5.41, 5.74) is 1.88.